The number of nitrogens with zero attached hydrogens (tertiary/aromatic N) is 2. The summed E-state index contributed by atoms with van der Waals surface area (Å²) in [6, 6.07) is 7.07. The molecule has 2 saturated heterocycles. The fraction of sp³-hybridized carbons (Fsp3) is 0.588. The fourth-order valence-electron chi connectivity index (χ4n) is 3.08. The molecule has 0 unspecified atom stereocenters. The number of carbonyl (C=O) groups excluding carboxylic acids is 1. The van der Waals surface area contributed by atoms with Crippen LogP contribution in [0.2, 0.25) is 0 Å². The lowest BCUT2D eigenvalue weighted by atomic mass is 9.96. The van der Waals surface area contributed by atoms with E-state index in [0.29, 0.717) is 12.5 Å². The fourth-order valence-corrected chi connectivity index (χ4v) is 3.08. The highest BCUT2D eigenvalue weighted by Crippen LogP contribution is 2.19. The van der Waals surface area contributed by atoms with E-state index in [4.69, 9.17) is 0 Å². The Labute approximate surface area is 131 Å². The van der Waals surface area contributed by atoms with Crippen molar-refractivity contribution in [2.45, 2.75) is 25.8 Å². The van der Waals surface area contributed by atoms with Gasteiger partial charge in [-0.1, -0.05) is 18.2 Å². The van der Waals surface area contributed by atoms with Gasteiger partial charge >= 0.3 is 6.03 Å². The first-order valence-corrected chi connectivity index (χ1v) is 8.21. The minimum absolute atomic E-state index is 0.0834. The highest BCUT2D eigenvalue weighted by molar-refractivity contribution is 5.74. The number of rotatable bonds is 4. The van der Waals surface area contributed by atoms with E-state index in [1.165, 1.54) is 6.07 Å². The smallest absolute Gasteiger partial charge is 0.317 e. The second-order valence-corrected chi connectivity index (χ2v) is 6.34. The molecule has 0 aliphatic carbocycles. The van der Waals surface area contributed by atoms with Crippen LogP contribution >= 0.6 is 0 Å². The summed E-state index contributed by atoms with van der Waals surface area (Å²) in [4.78, 5) is 15.9. The number of nitrogens with one attached hydrogen (secondary N) is 1. The molecular weight excluding hydrogens is 281 g/mol. The van der Waals surface area contributed by atoms with E-state index in [1.807, 2.05) is 17.0 Å². The van der Waals surface area contributed by atoms with E-state index in [9.17, 15) is 9.18 Å². The quantitative estimate of drug-likeness (QED) is 0.927. The summed E-state index contributed by atoms with van der Waals surface area (Å²) in [6.45, 7) is 5.18. The zero-order chi connectivity index (χ0) is 15.4. The van der Waals surface area contributed by atoms with Crippen LogP contribution in [0.1, 0.15) is 24.8 Å². The van der Waals surface area contributed by atoms with E-state index in [1.54, 1.807) is 6.07 Å². The molecule has 0 radical (unpaired) electrons. The normalized spacial score (nSPS) is 19.8. The molecule has 2 aliphatic heterocycles. The number of carbonyl (C=O) groups is 1. The summed E-state index contributed by atoms with van der Waals surface area (Å²) < 4.78 is 13.7. The van der Waals surface area contributed by atoms with Crippen LogP contribution in [0.5, 0.6) is 0 Å². The second-order valence-electron chi connectivity index (χ2n) is 6.34. The third-order valence-corrected chi connectivity index (χ3v) is 4.74. The van der Waals surface area contributed by atoms with E-state index in [2.05, 4.69) is 10.2 Å². The maximum absolute atomic E-state index is 13.7. The van der Waals surface area contributed by atoms with Gasteiger partial charge in [0.15, 0.2) is 0 Å². The Balaban J connectivity index is 1.39. The minimum Gasteiger partial charge on any atom is -0.338 e. The number of hydrogen-bond donors (Lipinski definition) is 1. The maximum atomic E-state index is 13.7. The van der Waals surface area contributed by atoms with Crippen molar-refractivity contribution in [2.24, 2.45) is 5.92 Å². The molecule has 0 atom stereocenters. The molecule has 120 valence electrons. The predicted octanol–water partition coefficient (Wildman–Crippen LogP) is 2.45. The monoisotopic (exact) mass is 305 g/mol. The summed E-state index contributed by atoms with van der Waals surface area (Å²) in [5.74, 6) is 0.425. The molecule has 1 aromatic rings. The highest BCUT2D eigenvalue weighted by atomic mass is 19.1. The van der Waals surface area contributed by atoms with Crippen molar-refractivity contribution in [1.29, 1.82) is 0 Å². The van der Waals surface area contributed by atoms with Gasteiger partial charge in [0.1, 0.15) is 5.82 Å². The van der Waals surface area contributed by atoms with E-state index in [0.717, 1.165) is 57.5 Å². The number of amides is 2. The maximum Gasteiger partial charge on any atom is 0.317 e. The van der Waals surface area contributed by atoms with Crippen LogP contribution in [0.3, 0.4) is 0 Å². The van der Waals surface area contributed by atoms with Gasteiger partial charge in [-0.25, -0.2) is 9.18 Å². The van der Waals surface area contributed by atoms with E-state index >= 15 is 0 Å². The lowest BCUT2D eigenvalue weighted by Gasteiger charge is -2.34. The van der Waals surface area contributed by atoms with Gasteiger partial charge in [-0.2, -0.15) is 0 Å². The Morgan fingerprint density at radius 2 is 1.91 bits per heavy atom. The Bertz CT molecular complexity index is 510. The van der Waals surface area contributed by atoms with E-state index < -0.39 is 0 Å². The Hall–Kier alpha value is -1.62. The largest absolute Gasteiger partial charge is 0.338 e. The predicted molar refractivity (Wildman–Crippen MR) is 84.0 cm³/mol. The number of urea groups is 1. The van der Waals surface area contributed by atoms with Crippen LogP contribution in [-0.2, 0) is 6.54 Å². The van der Waals surface area contributed by atoms with Crippen LogP contribution in [0.25, 0.3) is 0 Å². The van der Waals surface area contributed by atoms with Crippen molar-refractivity contribution < 1.29 is 9.18 Å². The Kier molecular flexibility index (Phi) is 4.93. The topological polar surface area (TPSA) is 35.6 Å². The SMILES string of the molecule is O=C(NCC1CCN(Cc2ccccc2F)CC1)N1CCC1. The summed E-state index contributed by atoms with van der Waals surface area (Å²) >= 11 is 0. The van der Waals surface area contributed by atoms with Gasteiger partial charge in [0.25, 0.3) is 0 Å². The minimum atomic E-state index is -0.119. The van der Waals surface area contributed by atoms with E-state index in [-0.39, 0.29) is 11.8 Å². The van der Waals surface area contributed by atoms with Crippen molar-refractivity contribution in [2.75, 3.05) is 32.7 Å². The van der Waals surface area contributed by atoms with Crippen LogP contribution in [-0.4, -0.2) is 48.6 Å². The first-order chi connectivity index (χ1) is 10.7. The van der Waals surface area contributed by atoms with Gasteiger partial charge in [0.2, 0.25) is 0 Å². The molecule has 5 heteroatoms. The highest BCUT2D eigenvalue weighted by Gasteiger charge is 2.23. The standard InChI is InChI=1S/C17H24FN3O/c18-16-5-2-1-4-15(16)13-20-10-6-14(7-11-20)12-19-17(22)21-8-3-9-21/h1-2,4-5,14H,3,6-13H2,(H,19,22). The molecule has 0 saturated carbocycles. The van der Waals surface area contributed by atoms with Crippen molar-refractivity contribution >= 4 is 6.03 Å². The zero-order valence-electron chi connectivity index (χ0n) is 12.9. The third kappa shape index (κ3) is 3.77. The van der Waals surface area contributed by atoms with Gasteiger partial charge in [-0.15, -0.1) is 0 Å². The first-order valence-electron chi connectivity index (χ1n) is 8.21. The van der Waals surface area contributed by atoms with Crippen molar-refractivity contribution in [3.05, 3.63) is 35.6 Å². The lowest BCUT2D eigenvalue weighted by molar-refractivity contribution is 0.154. The average molecular weight is 305 g/mol. The lowest BCUT2D eigenvalue weighted by Crippen LogP contribution is -2.49. The molecule has 1 N–H and O–H groups in total. The summed E-state index contributed by atoms with van der Waals surface area (Å²) in [5.41, 5.74) is 0.770. The number of piperidine rings is 1. The molecule has 3 rings (SSSR count). The van der Waals surface area contributed by atoms with Crippen molar-refractivity contribution in [3.63, 3.8) is 0 Å². The molecule has 22 heavy (non-hydrogen) atoms. The van der Waals surface area contributed by atoms with Gasteiger partial charge in [-0.05, 0) is 44.3 Å². The van der Waals surface area contributed by atoms with Crippen LogP contribution in [0, 0.1) is 11.7 Å². The van der Waals surface area contributed by atoms with Gasteiger partial charge < -0.3 is 10.2 Å². The first kappa shape index (κ1) is 15.3. The van der Waals surface area contributed by atoms with Gasteiger partial charge in [0, 0.05) is 31.7 Å². The van der Waals surface area contributed by atoms with Crippen molar-refractivity contribution in [1.82, 2.24) is 15.1 Å². The summed E-state index contributed by atoms with van der Waals surface area (Å²) in [6.07, 6.45) is 3.26. The van der Waals surface area contributed by atoms with Crippen LogP contribution in [0.15, 0.2) is 24.3 Å². The average Bonchev–Trinajstić information content (AvgIpc) is 2.47. The number of halogens is 1. The molecule has 2 heterocycles. The number of likely N-dealkylation sites (tertiary alicyclic amines) is 2. The summed E-state index contributed by atoms with van der Waals surface area (Å²) in [5, 5.41) is 3.04. The Morgan fingerprint density at radius 1 is 1.18 bits per heavy atom. The van der Waals surface area contributed by atoms with Crippen molar-refractivity contribution in [3.8, 4) is 0 Å². The van der Waals surface area contributed by atoms with Gasteiger partial charge in [0.05, 0.1) is 0 Å². The van der Waals surface area contributed by atoms with Crippen LogP contribution in [0.4, 0.5) is 9.18 Å². The zero-order valence-corrected chi connectivity index (χ0v) is 12.9. The van der Waals surface area contributed by atoms with Crippen LogP contribution < -0.4 is 5.32 Å². The molecule has 0 spiro atoms. The number of hydrogen-bond acceptors (Lipinski definition) is 2. The third-order valence-electron chi connectivity index (χ3n) is 4.74. The molecular formula is C17H24FN3O. The molecule has 0 aromatic heterocycles. The Morgan fingerprint density at radius 3 is 2.55 bits per heavy atom. The molecule has 2 aliphatic rings. The van der Waals surface area contributed by atoms with Gasteiger partial charge in [-0.3, -0.25) is 4.90 Å². The molecule has 2 fully saturated rings. The second kappa shape index (κ2) is 7.09. The summed E-state index contributed by atoms with van der Waals surface area (Å²) in [7, 11) is 0. The molecule has 4 nitrogen and oxygen atoms in total. The molecule has 2 amide bonds. The number of benzene rings is 1. The molecule has 1 aromatic carbocycles. The molecule has 0 bridgehead atoms.